The Morgan fingerprint density at radius 2 is 1.48 bits per heavy atom. The number of unbranched alkanes of at least 4 members (excludes halogenated alkanes) is 2. The number of ether oxygens (including phenoxy) is 3. The van der Waals surface area contributed by atoms with Crippen LogP contribution in [0.25, 0.3) is 0 Å². The minimum atomic E-state index is -0.938. The summed E-state index contributed by atoms with van der Waals surface area (Å²) in [6.45, 7) is 9.21. The third kappa shape index (κ3) is 8.94. The second-order valence-corrected chi connectivity index (χ2v) is 5.70. The van der Waals surface area contributed by atoms with Gasteiger partial charge in [-0.3, -0.25) is 4.79 Å². The molecule has 5 nitrogen and oxygen atoms in total. The van der Waals surface area contributed by atoms with Gasteiger partial charge in [0.05, 0.1) is 13.2 Å². The fourth-order valence-corrected chi connectivity index (χ4v) is 2.29. The molecule has 0 spiro atoms. The Morgan fingerprint density at radius 3 is 2.00 bits per heavy atom. The van der Waals surface area contributed by atoms with Gasteiger partial charge in [-0.05, 0) is 39.0 Å². The average molecular weight is 330 g/mol. The third-order valence-corrected chi connectivity index (χ3v) is 3.82. The zero-order chi connectivity index (χ0) is 17.6. The quantitative estimate of drug-likeness (QED) is 0.355. The summed E-state index contributed by atoms with van der Waals surface area (Å²) in [6, 6.07) is 0. The van der Waals surface area contributed by atoms with Crippen LogP contribution in [-0.2, 0) is 23.8 Å². The maximum atomic E-state index is 12.4. The van der Waals surface area contributed by atoms with Crippen LogP contribution in [0, 0.1) is 0 Å². The number of carbonyl (C=O) groups is 2. The fraction of sp³-hybridized carbons (Fsp3) is 0.889. The summed E-state index contributed by atoms with van der Waals surface area (Å²) >= 11 is 0. The molecule has 0 saturated carbocycles. The van der Waals surface area contributed by atoms with Gasteiger partial charge in [-0.25, -0.2) is 4.79 Å². The molecule has 5 heteroatoms. The molecule has 1 unspecified atom stereocenters. The molecule has 0 aromatic carbocycles. The molecule has 1 atom stereocenters. The van der Waals surface area contributed by atoms with Crippen LogP contribution in [0.1, 0.15) is 79.1 Å². The van der Waals surface area contributed by atoms with E-state index >= 15 is 0 Å². The van der Waals surface area contributed by atoms with E-state index in [2.05, 4.69) is 6.92 Å². The smallest absolute Gasteiger partial charge is 0.338 e. The third-order valence-electron chi connectivity index (χ3n) is 3.82. The normalized spacial score (nSPS) is 13.4. The van der Waals surface area contributed by atoms with Gasteiger partial charge in [0.15, 0.2) is 5.60 Å². The van der Waals surface area contributed by atoms with Crippen LogP contribution in [0.15, 0.2) is 0 Å². The highest BCUT2D eigenvalue weighted by molar-refractivity contribution is 5.79. The van der Waals surface area contributed by atoms with Crippen molar-refractivity contribution in [1.29, 1.82) is 0 Å². The predicted molar refractivity (Wildman–Crippen MR) is 90.2 cm³/mol. The first-order valence-electron chi connectivity index (χ1n) is 9.03. The van der Waals surface area contributed by atoms with Crippen molar-refractivity contribution in [3.8, 4) is 0 Å². The van der Waals surface area contributed by atoms with E-state index in [0.29, 0.717) is 45.5 Å². The second-order valence-electron chi connectivity index (χ2n) is 5.70. The average Bonchev–Trinajstić information content (AvgIpc) is 2.54. The molecular formula is C18H34O5. The summed E-state index contributed by atoms with van der Waals surface area (Å²) in [5.41, 5.74) is -0.938. The Morgan fingerprint density at radius 1 is 0.870 bits per heavy atom. The van der Waals surface area contributed by atoms with Crippen molar-refractivity contribution in [3.63, 3.8) is 0 Å². The Bertz CT molecular complexity index is 329. The van der Waals surface area contributed by atoms with E-state index in [4.69, 9.17) is 14.2 Å². The fourth-order valence-electron chi connectivity index (χ4n) is 2.29. The van der Waals surface area contributed by atoms with Gasteiger partial charge in [0.2, 0.25) is 0 Å². The van der Waals surface area contributed by atoms with Crippen molar-refractivity contribution in [2.45, 2.75) is 84.7 Å². The minimum absolute atomic E-state index is 0.209. The molecule has 0 aliphatic carbocycles. The number of hydrogen-bond donors (Lipinski definition) is 0. The summed E-state index contributed by atoms with van der Waals surface area (Å²) in [4.78, 5) is 24.0. The molecule has 0 aliphatic heterocycles. The van der Waals surface area contributed by atoms with Crippen molar-refractivity contribution < 1.29 is 23.8 Å². The molecule has 0 radical (unpaired) electrons. The molecule has 0 aliphatic rings. The van der Waals surface area contributed by atoms with Gasteiger partial charge in [0.1, 0.15) is 0 Å². The highest BCUT2D eigenvalue weighted by Crippen LogP contribution is 2.25. The topological polar surface area (TPSA) is 61.8 Å². The van der Waals surface area contributed by atoms with Gasteiger partial charge in [0, 0.05) is 13.0 Å². The molecule has 0 aromatic rings. The van der Waals surface area contributed by atoms with Gasteiger partial charge in [0.25, 0.3) is 0 Å². The second kappa shape index (κ2) is 13.3. The number of carbonyl (C=O) groups excluding carboxylic acids is 2. The van der Waals surface area contributed by atoms with E-state index in [1.807, 2.05) is 20.8 Å². The molecule has 0 N–H and O–H groups in total. The number of rotatable bonds is 14. The highest BCUT2D eigenvalue weighted by Gasteiger charge is 2.38. The summed E-state index contributed by atoms with van der Waals surface area (Å²) < 4.78 is 16.2. The van der Waals surface area contributed by atoms with Crippen molar-refractivity contribution >= 4 is 11.9 Å². The van der Waals surface area contributed by atoms with E-state index in [0.717, 1.165) is 25.7 Å². The van der Waals surface area contributed by atoms with Gasteiger partial charge < -0.3 is 14.2 Å². The maximum absolute atomic E-state index is 12.4. The summed E-state index contributed by atoms with van der Waals surface area (Å²) in [6.07, 6.45) is 5.59. The Labute approximate surface area is 141 Å². The van der Waals surface area contributed by atoms with Crippen molar-refractivity contribution in [2.24, 2.45) is 0 Å². The lowest BCUT2D eigenvalue weighted by Crippen LogP contribution is -2.43. The first-order valence-corrected chi connectivity index (χ1v) is 9.03. The van der Waals surface area contributed by atoms with Crippen LogP contribution < -0.4 is 0 Å². The molecule has 0 saturated heterocycles. The van der Waals surface area contributed by atoms with Gasteiger partial charge in [-0.1, -0.05) is 33.6 Å². The van der Waals surface area contributed by atoms with E-state index in [9.17, 15) is 9.59 Å². The molecule has 0 rings (SSSR count). The monoisotopic (exact) mass is 330 g/mol. The van der Waals surface area contributed by atoms with Gasteiger partial charge >= 0.3 is 11.9 Å². The molecule has 0 fully saturated rings. The standard InChI is InChI=1S/C18H34O5/c1-5-9-14-21-16(19)12-11-13-18(7-3,23-8-4)17(20)22-15-10-6-2/h5-15H2,1-4H3. The Hall–Kier alpha value is -1.10. The van der Waals surface area contributed by atoms with E-state index in [1.165, 1.54) is 0 Å². The summed E-state index contributed by atoms with van der Waals surface area (Å²) in [5, 5.41) is 0. The predicted octanol–water partition coefficient (Wildman–Crippen LogP) is 4.03. The lowest BCUT2D eigenvalue weighted by molar-refractivity contribution is -0.174. The van der Waals surface area contributed by atoms with Gasteiger partial charge in [-0.2, -0.15) is 0 Å². The van der Waals surface area contributed by atoms with Crippen molar-refractivity contribution in [2.75, 3.05) is 19.8 Å². The first kappa shape index (κ1) is 21.9. The van der Waals surface area contributed by atoms with E-state index in [1.54, 1.807) is 0 Å². The van der Waals surface area contributed by atoms with E-state index in [-0.39, 0.29) is 11.9 Å². The molecule has 136 valence electrons. The molecule has 0 bridgehead atoms. The van der Waals surface area contributed by atoms with Crippen LogP contribution in [0.4, 0.5) is 0 Å². The van der Waals surface area contributed by atoms with Crippen molar-refractivity contribution in [3.05, 3.63) is 0 Å². The number of esters is 2. The zero-order valence-electron chi connectivity index (χ0n) is 15.3. The SMILES string of the molecule is CCCCOC(=O)CCCC(CC)(OCC)C(=O)OCCCC. The van der Waals surface area contributed by atoms with Crippen LogP contribution in [0.3, 0.4) is 0 Å². The summed E-state index contributed by atoms with van der Waals surface area (Å²) in [7, 11) is 0. The van der Waals surface area contributed by atoms with Crippen LogP contribution in [0.5, 0.6) is 0 Å². The first-order chi connectivity index (χ1) is 11.1. The molecule has 23 heavy (non-hydrogen) atoms. The zero-order valence-corrected chi connectivity index (χ0v) is 15.3. The lowest BCUT2D eigenvalue weighted by atomic mass is 9.93. The van der Waals surface area contributed by atoms with E-state index < -0.39 is 5.60 Å². The van der Waals surface area contributed by atoms with Crippen LogP contribution in [-0.4, -0.2) is 37.4 Å². The van der Waals surface area contributed by atoms with Crippen LogP contribution in [0.2, 0.25) is 0 Å². The largest absolute Gasteiger partial charge is 0.466 e. The Kier molecular flexibility index (Phi) is 12.7. The van der Waals surface area contributed by atoms with Gasteiger partial charge in [-0.15, -0.1) is 0 Å². The highest BCUT2D eigenvalue weighted by atomic mass is 16.6. The minimum Gasteiger partial charge on any atom is -0.466 e. The summed E-state index contributed by atoms with van der Waals surface area (Å²) in [5.74, 6) is -0.519. The van der Waals surface area contributed by atoms with Crippen LogP contribution >= 0.6 is 0 Å². The molecular weight excluding hydrogens is 296 g/mol. The molecule has 0 amide bonds. The molecule has 0 heterocycles. The number of hydrogen-bond acceptors (Lipinski definition) is 5. The molecule has 0 aromatic heterocycles. The maximum Gasteiger partial charge on any atom is 0.338 e. The Balaban J connectivity index is 4.42. The lowest BCUT2D eigenvalue weighted by Gasteiger charge is -2.30. The van der Waals surface area contributed by atoms with Crippen molar-refractivity contribution in [1.82, 2.24) is 0 Å².